The van der Waals surface area contributed by atoms with Gasteiger partial charge in [0.15, 0.2) is 0 Å². The van der Waals surface area contributed by atoms with Crippen LogP contribution in [0.4, 0.5) is 22.7 Å². The molecule has 0 fully saturated rings. The molecule has 2 aromatic carbocycles. The van der Waals surface area contributed by atoms with Gasteiger partial charge >= 0.3 is 11.4 Å². The van der Waals surface area contributed by atoms with Crippen molar-refractivity contribution in [3.8, 4) is 0 Å². The van der Waals surface area contributed by atoms with Gasteiger partial charge in [-0.2, -0.15) is 0 Å². The summed E-state index contributed by atoms with van der Waals surface area (Å²) in [6.45, 7) is 0. The summed E-state index contributed by atoms with van der Waals surface area (Å²) >= 11 is 0. The van der Waals surface area contributed by atoms with Gasteiger partial charge in [-0.25, -0.2) is 0 Å². The van der Waals surface area contributed by atoms with Gasteiger partial charge in [0, 0.05) is 17.5 Å². The average Bonchev–Trinajstić information content (AvgIpc) is 2.90. The fraction of sp³-hybridized carbons (Fsp3) is 0. The topological polar surface area (TPSA) is 188 Å². The zero-order chi connectivity index (χ0) is 18.5. The van der Waals surface area contributed by atoms with Crippen LogP contribution in [0.5, 0.6) is 0 Å². The first-order chi connectivity index (χ1) is 11.7. The van der Waals surface area contributed by atoms with Gasteiger partial charge < -0.3 is 4.98 Å². The van der Waals surface area contributed by atoms with Crippen molar-refractivity contribution < 1.29 is 19.7 Å². The molecule has 0 saturated carbocycles. The van der Waals surface area contributed by atoms with Crippen molar-refractivity contribution in [1.82, 2.24) is 4.98 Å². The summed E-state index contributed by atoms with van der Waals surface area (Å²) in [5, 5.41) is 44.3. The molecule has 3 aromatic rings. The highest BCUT2D eigenvalue weighted by Crippen LogP contribution is 2.42. The highest BCUT2D eigenvalue weighted by Gasteiger charge is 2.32. The number of rotatable bonds is 4. The van der Waals surface area contributed by atoms with Gasteiger partial charge in [-0.05, 0) is 6.07 Å². The van der Waals surface area contributed by atoms with Crippen molar-refractivity contribution in [2.24, 2.45) is 0 Å². The molecule has 0 aliphatic heterocycles. The highest BCUT2D eigenvalue weighted by molar-refractivity contribution is 6.15. The fourth-order valence-corrected chi connectivity index (χ4v) is 2.62. The van der Waals surface area contributed by atoms with E-state index in [0.717, 1.165) is 24.3 Å². The number of nitrogens with one attached hydrogen (secondary N) is 1. The summed E-state index contributed by atoms with van der Waals surface area (Å²) in [6.07, 6.45) is 0. The third-order valence-electron chi connectivity index (χ3n) is 3.57. The van der Waals surface area contributed by atoms with Crippen LogP contribution in [-0.2, 0) is 0 Å². The Morgan fingerprint density at radius 1 is 0.760 bits per heavy atom. The van der Waals surface area contributed by atoms with Gasteiger partial charge in [-0.1, -0.05) is 0 Å². The van der Waals surface area contributed by atoms with Crippen LogP contribution >= 0.6 is 0 Å². The fourth-order valence-electron chi connectivity index (χ4n) is 2.62. The number of aromatic amines is 1. The Hall–Kier alpha value is -4.16. The van der Waals surface area contributed by atoms with E-state index in [1.165, 1.54) is 0 Å². The minimum Gasteiger partial charge on any atom is -0.348 e. The predicted octanol–water partition coefficient (Wildman–Crippen LogP) is 2.95. The largest absolute Gasteiger partial charge is 0.369 e. The number of benzene rings is 2. The monoisotopic (exact) mass is 347 g/mol. The number of hydrogen-bond acceptors (Lipinski definition) is 8. The zero-order valence-corrected chi connectivity index (χ0v) is 11.9. The lowest BCUT2D eigenvalue weighted by Gasteiger charge is -1.97. The Labute approximate surface area is 135 Å². The Bertz CT molecular complexity index is 1120. The van der Waals surface area contributed by atoms with E-state index < -0.39 is 42.4 Å². The first-order valence-corrected chi connectivity index (χ1v) is 6.42. The predicted molar refractivity (Wildman–Crippen MR) is 82.4 cm³/mol. The first-order valence-electron chi connectivity index (χ1n) is 6.42. The second-order valence-corrected chi connectivity index (χ2v) is 4.90. The first kappa shape index (κ1) is 15.7. The third kappa shape index (κ3) is 2.26. The molecule has 0 saturated heterocycles. The molecule has 0 aliphatic rings. The van der Waals surface area contributed by atoms with Crippen LogP contribution in [0.15, 0.2) is 24.3 Å². The number of nitro benzene ring substituents is 4. The lowest BCUT2D eigenvalue weighted by atomic mass is 10.1. The molecule has 0 unspecified atom stereocenters. The van der Waals surface area contributed by atoms with E-state index in [2.05, 4.69) is 4.98 Å². The van der Waals surface area contributed by atoms with Gasteiger partial charge in [-0.3, -0.25) is 40.5 Å². The minimum atomic E-state index is -0.990. The molecule has 0 bridgehead atoms. The summed E-state index contributed by atoms with van der Waals surface area (Å²) in [4.78, 5) is 43.2. The van der Waals surface area contributed by atoms with Crippen LogP contribution in [0.1, 0.15) is 0 Å². The maximum absolute atomic E-state index is 11.3. The maximum atomic E-state index is 11.3. The van der Waals surface area contributed by atoms with E-state index in [4.69, 9.17) is 0 Å². The number of hydrogen-bond donors (Lipinski definition) is 1. The molecule has 0 radical (unpaired) electrons. The molecular weight excluding hydrogens is 342 g/mol. The van der Waals surface area contributed by atoms with Crippen LogP contribution in [0.25, 0.3) is 21.8 Å². The van der Waals surface area contributed by atoms with Crippen LogP contribution in [0.2, 0.25) is 0 Å². The summed E-state index contributed by atoms with van der Waals surface area (Å²) in [5.41, 5.74) is -3.35. The van der Waals surface area contributed by atoms with E-state index in [1.807, 2.05) is 0 Å². The molecule has 126 valence electrons. The molecule has 25 heavy (non-hydrogen) atoms. The van der Waals surface area contributed by atoms with Crippen LogP contribution in [0.3, 0.4) is 0 Å². The van der Waals surface area contributed by atoms with Crippen molar-refractivity contribution >= 4 is 44.6 Å². The number of nitrogens with zero attached hydrogens (tertiary/aromatic N) is 4. The second kappa shape index (κ2) is 5.19. The van der Waals surface area contributed by atoms with Crippen molar-refractivity contribution in [2.45, 2.75) is 0 Å². The van der Waals surface area contributed by atoms with Crippen molar-refractivity contribution in [1.29, 1.82) is 0 Å². The molecule has 0 amide bonds. The van der Waals surface area contributed by atoms with E-state index in [9.17, 15) is 40.5 Å². The van der Waals surface area contributed by atoms with E-state index in [-0.39, 0.29) is 21.8 Å². The lowest BCUT2D eigenvalue weighted by molar-refractivity contribution is -0.421. The van der Waals surface area contributed by atoms with Crippen molar-refractivity contribution in [3.05, 3.63) is 64.7 Å². The SMILES string of the molecule is O=[N+]([O-])c1cc([N+](=O)[O-])c2c(c1)[nH]c1c([N+](=O)[O-])c([N+](=O)[O-])ccc12. The van der Waals surface area contributed by atoms with Crippen LogP contribution < -0.4 is 0 Å². The molecule has 13 heteroatoms. The summed E-state index contributed by atoms with van der Waals surface area (Å²) in [6, 6.07) is 3.68. The number of nitro groups is 4. The van der Waals surface area contributed by atoms with Crippen LogP contribution in [0, 0.1) is 40.5 Å². The van der Waals surface area contributed by atoms with Gasteiger partial charge in [-0.15, -0.1) is 0 Å². The third-order valence-corrected chi connectivity index (χ3v) is 3.57. The molecule has 13 nitrogen and oxygen atoms in total. The molecule has 0 aliphatic carbocycles. The average molecular weight is 347 g/mol. The molecule has 1 heterocycles. The number of fused-ring (bicyclic) bond motifs is 3. The lowest BCUT2D eigenvalue weighted by Crippen LogP contribution is -1.97. The highest BCUT2D eigenvalue weighted by atomic mass is 16.6. The minimum absolute atomic E-state index is 0.0195. The summed E-state index contributed by atoms with van der Waals surface area (Å²) in [7, 11) is 0. The Balaban J connectivity index is 2.56. The molecule has 1 N–H and O–H groups in total. The van der Waals surface area contributed by atoms with Gasteiger partial charge in [0.2, 0.25) is 0 Å². The van der Waals surface area contributed by atoms with E-state index in [0.29, 0.717) is 0 Å². The Morgan fingerprint density at radius 3 is 1.92 bits per heavy atom. The summed E-state index contributed by atoms with van der Waals surface area (Å²) < 4.78 is 0. The van der Waals surface area contributed by atoms with Crippen molar-refractivity contribution in [2.75, 3.05) is 0 Å². The van der Waals surface area contributed by atoms with Crippen molar-refractivity contribution in [3.63, 3.8) is 0 Å². The van der Waals surface area contributed by atoms with Gasteiger partial charge in [0.25, 0.3) is 11.4 Å². The van der Waals surface area contributed by atoms with E-state index >= 15 is 0 Å². The molecule has 0 spiro atoms. The quantitative estimate of drug-likeness (QED) is 0.550. The smallest absolute Gasteiger partial charge is 0.348 e. The Kier molecular flexibility index (Phi) is 3.26. The number of H-pyrrole nitrogens is 1. The molecule has 3 rings (SSSR count). The normalized spacial score (nSPS) is 10.9. The number of aromatic nitrogens is 1. The molecule has 1 aromatic heterocycles. The summed E-state index contributed by atoms with van der Waals surface area (Å²) in [5.74, 6) is 0. The second-order valence-electron chi connectivity index (χ2n) is 4.90. The standard InChI is InChI=1S/C12H5N5O8/c18-14(19)5-3-7-10(9(4-5)16(22)23)6-1-2-8(15(20)21)12(17(24)25)11(6)13-7/h1-4,13H. The molecule has 0 atom stereocenters. The van der Waals surface area contributed by atoms with Crippen LogP contribution in [-0.4, -0.2) is 24.7 Å². The maximum Gasteiger partial charge on any atom is 0.369 e. The number of non-ortho nitro benzene ring substituents is 2. The molecular formula is C12H5N5O8. The van der Waals surface area contributed by atoms with Gasteiger partial charge in [0.1, 0.15) is 5.52 Å². The Morgan fingerprint density at radius 2 is 1.40 bits per heavy atom. The zero-order valence-electron chi connectivity index (χ0n) is 11.9. The van der Waals surface area contributed by atoms with Gasteiger partial charge in [0.05, 0.1) is 36.7 Å². The van der Waals surface area contributed by atoms with E-state index in [1.54, 1.807) is 0 Å².